The molecular formula is C14H22N2. The molecule has 1 saturated carbocycles. The normalized spacial score (nSPS) is 17.7. The third-order valence-electron chi connectivity index (χ3n) is 3.53. The predicted octanol–water partition coefficient (Wildman–Crippen LogP) is 2.25. The minimum Gasteiger partial charge on any atom is -0.329 e. The highest BCUT2D eigenvalue weighted by molar-refractivity contribution is 5.14. The fourth-order valence-corrected chi connectivity index (χ4v) is 2.29. The highest BCUT2D eigenvalue weighted by Gasteiger charge is 2.31. The molecule has 2 heteroatoms. The molecule has 2 nitrogen and oxygen atoms in total. The number of hydrogen-bond acceptors (Lipinski definition) is 2. The maximum Gasteiger partial charge on any atom is 0.0237 e. The lowest BCUT2D eigenvalue weighted by Crippen LogP contribution is -2.37. The molecule has 0 amide bonds. The molecule has 0 radical (unpaired) electrons. The van der Waals surface area contributed by atoms with E-state index in [0.29, 0.717) is 6.04 Å². The van der Waals surface area contributed by atoms with E-state index in [9.17, 15) is 0 Å². The Hall–Kier alpha value is -0.860. The molecule has 0 saturated heterocycles. The lowest BCUT2D eigenvalue weighted by atomic mass is 10.1. The summed E-state index contributed by atoms with van der Waals surface area (Å²) in [5.41, 5.74) is 7.09. The average molecular weight is 218 g/mol. The van der Waals surface area contributed by atoms with E-state index >= 15 is 0 Å². The van der Waals surface area contributed by atoms with Gasteiger partial charge in [-0.1, -0.05) is 30.3 Å². The van der Waals surface area contributed by atoms with Crippen LogP contribution in [0.1, 0.15) is 25.3 Å². The molecule has 1 fully saturated rings. The van der Waals surface area contributed by atoms with Crippen LogP contribution in [0.5, 0.6) is 0 Å². The van der Waals surface area contributed by atoms with Crippen molar-refractivity contribution >= 4 is 0 Å². The Kier molecular flexibility index (Phi) is 3.97. The van der Waals surface area contributed by atoms with Crippen LogP contribution in [0.25, 0.3) is 0 Å². The maximum absolute atomic E-state index is 5.70. The SMILES string of the molecule is CC(C1CC1)N(CCN)Cc1ccccc1. The molecule has 1 aliphatic rings. The van der Waals surface area contributed by atoms with Crippen LogP contribution in [-0.2, 0) is 6.54 Å². The first kappa shape index (κ1) is 11.6. The van der Waals surface area contributed by atoms with E-state index in [2.05, 4.69) is 42.2 Å². The van der Waals surface area contributed by atoms with Gasteiger partial charge in [0, 0.05) is 25.7 Å². The smallest absolute Gasteiger partial charge is 0.0237 e. The fourth-order valence-electron chi connectivity index (χ4n) is 2.29. The Bertz CT molecular complexity index is 306. The van der Waals surface area contributed by atoms with Crippen LogP contribution in [0.3, 0.4) is 0 Å². The number of rotatable bonds is 6. The Morgan fingerprint density at radius 2 is 2.00 bits per heavy atom. The van der Waals surface area contributed by atoms with Gasteiger partial charge in [0.1, 0.15) is 0 Å². The quantitative estimate of drug-likeness (QED) is 0.793. The van der Waals surface area contributed by atoms with Gasteiger partial charge in [0.15, 0.2) is 0 Å². The van der Waals surface area contributed by atoms with Crippen molar-refractivity contribution in [1.29, 1.82) is 0 Å². The summed E-state index contributed by atoms with van der Waals surface area (Å²) in [5.74, 6) is 0.912. The minimum atomic E-state index is 0.684. The van der Waals surface area contributed by atoms with Crippen LogP contribution in [0.15, 0.2) is 30.3 Å². The highest BCUT2D eigenvalue weighted by Crippen LogP contribution is 2.35. The second-order valence-electron chi connectivity index (χ2n) is 4.82. The molecule has 0 bridgehead atoms. The lowest BCUT2D eigenvalue weighted by Gasteiger charge is -2.28. The highest BCUT2D eigenvalue weighted by atomic mass is 15.2. The summed E-state index contributed by atoms with van der Waals surface area (Å²) in [4.78, 5) is 2.52. The fraction of sp³-hybridized carbons (Fsp3) is 0.571. The van der Waals surface area contributed by atoms with Gasteiger partial charge >= 0.3 is 0 Å². The number of hydrogen-bond donors (Lipinski definition) is 1. The van der Waals surface area contributed by atoms with E-state index in [0.717, 1.165) is 25.6 Å². The molecule has 0 spiro atoms. The van der Waals surface area contributed by atoms with Crippen molar-refractivity contribution in [2.75, 3.05) is 13.1 Å². The molecule has 2 N–H and O–H groups in total. The monoisotopic (exact) mass is 218 g/mol. The van der Waals surface area contributed by atoms with E-state index < -0.39 is 0 Å². The molecular weight excluding hydrogens is 196 g/mol. The van der Waals surface area contributed by atoms with Gasteiger partial charge in [-0.05, 0) is 31.2 Å². The van der Waals surface area contributed by atoms with Crippen molar-refractivity contribution in [3.8, 4) is 0 Å². The Labute approximate surface area is 98.4 Å². The molecule has 0 heterocycles. The summed E-state index contributed by atoms with van der Waals surface area (Å²) in [6.07, 6.45) is 2.80. The van der Waals surface area contributed by atoms with Crippen molar-refractivity contribution in [3.05, 3.63) is 35.9 Å². The van der Waals surface area contributed by atoms with E-state index in [-0.39, 0.29) is 0 Å². The largest absolute Gasteiger partial charge is 0.329 e. The zero-order chi connectivity index (χ0) is 11.4. The van der Waals surface area contributed by atoms with Gasteiger partial charge in [-0.15, -0.1) is 0 Å². The van der Waals surface area contributed by atoms with E-state index in [1.54, 1.807) is 0 Å². The van der Waals surface area contributed by atoms with Crippen molar-refractivity contribution in [1.82, 2.24) is 4.90 Å². The average Bonchev–Trinajstić information content (AvgIpc) is 3.13. The van der Waals surface area contributed by atoms with Crippen LogP contribution >= 0.6 is 0 Å². The lowest BCUT2D eigenvalue weighted by molar-refractivity contribution is 0.186. The van der Waals surface area contributed by atoms with Crippen LogP contribution in [0.2, 0.25) is 0 Å². The van der Waals surface area contributed by atoms with Gasteiger partial charge in [-0.3, -0.25) is 4.90 Å². The molecule has 1 aliphatic carbocycles. The van der Waals surface area contributed by atoms with Crippen LogP contribution in [-0.4, -0.2) is 24.0 Å². The molecule has 1 atom stereocenters. The summed E-state index contributed by atoms with van der Waals surface area (Å²) in [6, 6.07) is 11.4. The standard InChI is InChI=1S/C14H22N2/c1-12(14-7-8-14)16(10-9-15)11-13-5-3-2-4-6-13/h2-6,12,14H,7-11,15H2,1H3. The Morgan fingerprint density at radius 1 is 1.31 bits per heavy atom. The van der Waals surface area contributed by atoms with Gasteiger partial charge < -0.3 is 5.73 Å². The van der Waals surface area contributed by atoms with E-state index in [1.165, 1.54) is 18.4 Å². The van der Waals surface area contributed by atoms with E-state index in [1.807, 2.05) is 0 Å². The third kappa shape index (κ3) is 3.06. The number of nitrogens with two attached hydrogens (primary N) is 1. The molecule has 0 aliphatic heterocycles. The first-order valence-corrected chi connectivity index (χ1v) is 6.29. The van der Waals surface area contributed by atoms with Crippen molar-refractivity contribution in [3.63, 3.8) is 0 Å². The van der Waals surface area contributed by atoms with Gasteiger partial charge in [0.05, 0.1) is 0 Å². The Morgan fingerprint density at radius 3 is 2.56 bits per heavy atom. The van der Waals surface area contributed by atoms with Crippen molar-refractivity contribution in [2.24, 2.45) is 11.7 Å². The molecule has 16 heavy (non-hydrogen) atoms. The van der Waals surface area contributed by atoms with Crippen LogP contribution in [0.4, 0.5) is 0 Å². The zero-order valence-electron chi connectivity index (χ0n) is 10.1. The number of nitrogens with zero attached hydrogens (tertiary/aromatic N) is 1. The van der Waals surface area contributed by atoms with Gasteiger partial charge in [0.2, 0.25) is 0 Å². The zero-order valence-corrected chi connectivity index (χ0v) is 10.1. The van der Waals surface area contributed by atoms with E-state index in [4.69, 9.17) is 5.73 Å². The topological polar surface area (TPSA) is 29.3 Å². The predicted molar refractivity (Wildman–Crippen MR) is 68.1 cm³/mol. The summed E-state index contributed by atoms with van der Waals surface area (Å²) >= 11 is 0. The third-order valence-corrected chi connectivity index (χ3v) is 3.53. The van der Waals surface area contributed by atoms with Gasteiger partial charge in [0.25, 0.3) is 0 Å². The molecule has 1 aromatic carbocycles. The molecule has 88 valence electrons. The maximum atomic E-state index is 5.70. The summed E-state index contributed by atoms with van der Waals surface area (Å²) < 4.78 is 0. The molecule has 1 aromatic rings. The minimum absolute atomic E-state index is 0.684. The van der Waals surface area contributed by atoms with Gasteiger partial charge in [-0.2, -0.15) is 0 Å². The van der Waals surface area contributed by atoms with Crippen LogP contribution < -0.4 is 5.73 Å². The van der Waals surface area contributed by atoms with Crippen molar-refractivity contribution < 1.29 is 0 Å². The second kappa shape index (κ2) is 5.46. The van der Waals surface area contributed by atoms with Crippen LogP contribution in [0, 0.1) is 5.92 Å². The molecule has 2 rings (SSSR count). The molecule has 1 unspecified atom stereocenters. The van der Waals surface area contributed by atoms with Crippen molar-refractivity contribution in [2.45, 2.75) is 32.4 Å². The summed E-state index contributed by atoms with van der Waals surface area (Å²) in [6.45, 7) is 5.14. The first-order chi connectivity index (χ1) is 7.81. The summed E-state index contributed by atoms with van der Waals surface area (Å²) in [7, 11) is 0. The molecule has 0 aromatic heterocycles. The second-order valence-corrected chi connectivity index (χ2v) is 4.82. The number of benzene rings is 1. The van der Waals surface area contributed by atoms with Gasteiger partial charge in [-0.25, -0.2) is 0 Å². The first-order valence-electron chi connectivity index (χ1n) is 6.29. The summed E-state index contributed by atoms with van der Waals surface area (Å²) in [5, 5.41) is 0. The Balaban J connectivity index is 1.96.